The van der Waals surface area contributed by atoms with E-state index in [1.807, 2.05) is 0 Å². The van der Waals surface area contributed by atoms with Crippen molar-refractivity contribution in [3.8, 4) is 0 Å². The monoisotopic (exact) mass is 438 g/mol. The first kappa shape index (κ1) is 22.7. The summed E-state index contributed by atoms with van der Waals surface area (Å²) in [6, 6.07) is 7.40. The number of nitrogens with zero attached hydrogens (tertiary/aromatic N) is 1. The molecule has 1 aromatic carbocycles. The van der Waals surface area contributed by atoms with Crippen LogP contribution in [0.1, 0.15) is 39.4 Å². The van der Waals surface area contributed by atoms with Gasteiger partial charge in [-0.2, -0.15) is 4.31 Å². The number of benzene rings is 1. The minimum Gasteiger partial charge on any atom is -0.452 e. The Balaban J connectivity index is 2.09. The highest BCUT2D eigenvalue weighted by atomic mass is 32.2. The van der Waals surface area contributed by atoms with Crippen LogP contribution >= 0.6 is 11.3 Å². The van der Waals surface area contributed by atoms with Crippen molar-refractivity contribution in [1.82, 2.24) is 9.62 Å². The highest BCUT2D eigenvalue weighted by Gasteiger charge is 2.24. The Kier molecular flexibility index (Phi) is 7.66. The summed E-state index contributed by atoms with van der Waals surface area (Å²) >= 11 is 1.17. The Morgan fingerprint density at radius 2 is 1.83 bits per heavy atom. The zero-order valence-electron chi connectivity index (χ0n) is 16.3. The van der Waals surface area contributed by atoms with E-state index >= 15 is 0 Å². The van der Waals surface area contributed by atoms with Crippen LogP contribution < -0.4 is 5.32 Å². The summed E-state index contributed by atoms with van der Waals surface area (Å²) in [6.45, 7) is 5.00. The van der Waals surface area contributed by atoms with E-state index in [-0.39, 0.29) is 10.5 Å². The number of carbonyl (C=O) groups excluding carboxylic acids is 3. The number of ether oxygens (including phenoxy) is 1. The lowest BCUT2D eigenvalue weighted by atomic mass is 10.1. The van der Waals surface area contributed by atoms with Crippen molar-refractivity contribution in [2.24, 2.45) is 0 Å². The number of hydrogen-bond donors (Lipinski definition) is 1. The van der Waals surface area contributed by atoms with Gasteiger partial charge in [-0.3, -0.25) is 14.9 Å². The second-order valence-electron chi connectivity index (χ2n) is 6.00. The normalized spacial score (nSPS) is 11.3. The van der Waals surface area contributed by atoms with Crippen LogP contribution in [-0.4, -0.2) is 50.2 Å². The first-order valence-electron chi connectivity index (χ1n) is 8.86. The van der Waals surface area contributed by atoms with Gasteiger partial charge in [0.15, 0.2) is 6.61 Å². The molecule has 0 unspecified atom stereocenters. The van der Waals surface area contributed by atoms with E-state index in [4.69, 9.17) is 4.74 Å². The van der Waals surface area contributed by atoms with Gasteiger partial charge in [0, 0.05) is 13.1 Å². The van der Waals surface area contributed by atoms with Crippen LogP contribution in [-0.2, 0) is 19.6 Å². The van der Waals surface area contributed by atoms with Crippen molar-refractivity contribution < 1.29 is 27.5 Å². The smallest absolute Gasteiger partial charge is 0.338 e. The van der Waals surface area contributed by atoms with Crippen molar-refractivity contribution in [3.63, 3.8) is 0 Å². The number of thiophene rings is 1. The summed E-state index contributed by atoms with van der Waals surface area (Å²) in [7, 11) is -3.74. The molecule has 0 aliphatic carbocycles. The number of imide groups is 1. The molecule has 0 atom stereocenters. The number of rotatable bonds is 8. The molecule has 0 saturated heterocycles. The summed E-state index contributed by atoms with van der Waals surface area (Å²) in [4.78, 5) is 36.4. The predicted molar refractivity (Wildman–Crippen MR) is 108 cm³/mol. The number of sulfonamides is 1. The van der Waals surface area contributed by atoms with Crippen LogP contribution in [0.25, 0.3) is 0 Å². The molecule has 0 fully saturated rings. The van der Waals surface area contributed by atoms with Gasteiger partial charge >= 0.3 is 5.97 Å². The van der Waals surface area contributed by atoms with E-state index in [1.165, 1.54) is 33.8 Å². The molecular weight excluding hydrogens is 416 g/mol. The molecule has 29 heavy (non-hydrogen) atoms. The highest BCUT2D eigenvalue weighted by Crippen LogP contribution is 2.20. The van der Waals surface area contributed by atoms with Gasteiger partial charge in [-0.1, -0.05) is 26.0 Å². The van der Waals surface area contributed by atoms with Crippen LogP contribution in [0.4, 0.5) is 0 Å². The van der Waals surface area contributed by atoms with E-state index in [2.05, 4.69) is 5.32 Å². The second kappa shape index (κ2) is 9.77. The molecule has 0 bridgehead atoms. The Hall–Kier alpha value is -2.56. The molecule has 0 aliphatic rings. The van der Waals surface area contributed by atoms with E-state index in [1.54, 1.807) is 38.3 Å². The summed E-state index contributed by atoms with van der Waals surface area (Å²) in [5.41, 5.74) is 0.541. The zero-order chi connectivity index (χ0) is 21.6. The minimum atomic E-state index is -3.74. The Labute approximate surface area is 173 Å². The third-order valence-electron chi connectivity index (χ3n) is 4.10. The molecule has 1 aromatic heterocycles. The fourth-order valence-corrected chi connectivity index (χ4v) is 4.64. The van der Waals surface area contributed by atoms with Crippen molar-refractivity contribution >= 4 is 39.1 Å². The first-order valence-corrected chi connectivity index (χ1v) is 11.2. The third kappa shape index (κ3) is 5.49. The molecule has 10 heteroatoms. The Morgan fingerprint density at radius 1 is 1.14 bits per heavy atom. The van der Waals surface area contributed by atoms with Crippen LogP contribution in [0.2, 0.25) is 0 Å². The number of carbonyl (C=O) groups is 3. The van der Waals surface area contributed by atoms with Crippen molar-refractivity contribution in [3.05, 3.63) is 51.7 Å². The molecule has 1 heterocycles. The molecule has 1 N–H and O–H groups in total. The van der Waals surface area contributed by atoms with Crippen LogP contribution in [0.15, 0.2) is 40.6 Å². The fraction of sp³-hybridized carbons (Fsp3) is 0.316. The van der Waals surface area contributed by atoms with Crippen LogP contribution in [0, 0.1) is 6.92 Å². The molecule has 0 spiro atoms. The number of hydrogen-bond acceptors (Lipinski definition) is 7. The van der Waals surface area contributed by atoms with Gasteiger partial charge in [-0.25, -0.2) is 13.2 Å². The molecular formula is C19H22N2O6S2. The van der Waals surface area contributed by atoms with E-state index in [9.17, 15) is 22.8 Å². The lowest BCUT2D eigenvalue weighted by molar-refractivity contribution is -0.123. The SMILES string of the molecule is CCN(CC)S(=O)(=O)c1ccc(C)c(C(=O)OCC(=O)NC(=O)c2cccs2)c1. The molecule has 2 amide bonds. The average Bonchev–Trinajstić information content (AvgIpc) is 3.22. The van der Waals surface area contributed by atoms with E-state index in [0.717, 1.165) is 0 Å². The van der Waals surface area contributed by atoms with Crippen molar-refractivity contribution in [1.29, 1.82) is 0 Å². The van der Waals surface area contributed by atoms with Crippen molar-refractivity contribution in [2.75, 3.05) is 19.7 Å². The topological polar surface area (TPSA) is 110 Å². The minimum absolute atomic E-state index is 0.0314. The van der Waals surface area contributed by atoms with Gasteiger partial charge in [0.1, 0.15) is 0 Å². The first-order chi connectivity index (χ1) is 13.7. The van der Waals surface area contributed by atoms with Gasteiger partial charge in [0.25, 0.3) is 11.8 Å². The zero-order valence-corrected chi connectivity index (χ0v) is 17.9. The quantitative estimate of drug-likeness (QED) is 0.633. The third-order valence-corrected chi connectivity index (χ3v) is 7.02. The van der Waals surface area contributed by atoms with E-state index < -0.39 is 34.4 Å². The maximum absolute atomic E-state index is 12.7. The standard InChI is InChI=1S/C19H22N2O6S2/c1-4-21(5-2)29(25,26)14-9-8-13(3)15(11-14)19(24)27-12-17(22)20-18(23)16-7-6-10-28-16/h6-11H,4-5,12H2,1-3H3,(H,20,22,23). The van der Waals surface area contributed by atoms with E-state index in [0.29, 0.717) is 23.5 Å². The Bertz CT molecular complexity index is 996. The molecule has 2 rings (SSSR count). The fourth-order valence-electron chi connectivity index (χ4n) is 2.53. The second-order valence-corrected chi connectivity index (χ2v) is 8.88. The highest BCUT2D eigenvalue weighted by molar-refractivity contribution is 7.89. The Morgan fingerprint density at radius 3 is 2.41 bits per heavy atom. The maximum Gasteiger partial charge on any atom is 0.338 e. The molecule has 8 nitrogen and oxygen atoms in total. The average molecular weight is 439 g/mol. The summed E-state index contributed by atoms with van der Waals surface area (Å²) < 4.78 is 31.5. The molecule has 0 radical (unpaired) electrons. The molecule has 2 aromatic rings. The molecule has 156 valence electrons. The van der Waals surface area contributed by atoms with Crippen molar-refractivity contribution in [2.45, 2.75) is 25.7 Å². The number of nitrogens with one attached hydrogen (secondary N) is 1. The summed E-state index contributed by atoms with van der Waals surface area (Å²) in [5, 5.41) is 3.82. The van der Waals surface area contributed by atoms with Gasteiger partial charge in [-0.15, -0.1) is 11.3 Å². The number of esters is 1. The molecule has 0 saturated carbocycles. The molecule has 0 aliphatic heterocycles. The summed E-state index contributed by atoms with van der Waals surface area (Å²) in [6.07, 6.45) is 0. The maximum atomic E-state index is 12.7. The van der Waals surface area contributed by atoms with Gasteiger partial charge in [-0.05, 0) is 36.1 Å². The summed E-state index contributed by atoms with van der Waals surface area (Å²) in [5.74, 6) is -2.20. The van der Waals surface area contributed by atoms with Gasteiger partial charge < -0.3 is 4.74 Å². The van der Waals surface area contributed by atoms with Crippen LogP contribution in [0.3, 0.4) is 0 Å². The lowest BCUT2D eigenvalue weighted by Crippen LogP contribution is -2.33. The van der Waals surface area contributed by atoms with Crippen LogP contribution in [0.5, 0.6) is 0 Å². The van der Waals surface area contributed by atoms with Gasteiger partial charge in [0.2, 0.25) is 10.0 Å². The largest absolute Gasteiger partial charge is 0.452 e. The predicted octanol–water partition coefficient (Wildman–Crippen LogP) is 2.20. The lowest BCUT2D eigenvalue weighted by Gasteiger charge is -2.19. The van der Waals surface area contributed by atoms with Gasteiger partial charge in [0.05, 0.1) is 15.3 Å². The number of aryl methyl sites for hydroxylation is 1. The number of amides is 2.